The number of carboxylic acids is 1. The van der Waals surface area contributed by atoms with E-state index in [0.717, 1.165) is 37.9 Å². The minimum absolute atomic E-state index is 0.0131. The minimum Gasteiger partial charge on any atom is -0.475 e. The van der Waals surface area contributed by atoms with Crippen molar-refractivity contribution in [3.8, 4) is 0 Å². The molecule has 170 valence electrons. The highest BCUT2D eigenvalue weighted by Crippen LogP contribution is 2.41. The number of carbonyl (C=O) groups excluding carboxylic acids is 1. The number of nitrogens with one attached hydrogen (secondary N) is 1. The molecule has 0 radical (unpaired) electrons. The monoisotopic (exact) mass is 460 g/mol. The van der Waals surface area contributed by atoms with Gasteiger partial charge in [-0.25, -0.2) is 9.78 Å². The second kappa shape index (κ2) is 9.37. The van der Waals surface area contributed by atoms with Crippen LogP contribution >= 0.6 is 11.3 Å². The van der Waals surface area contributed by atoms with Crippen LogP contribution in [0.1, 0.15) is 15.5 Å². The summed E-state index contributed by atoms with van der Waals surface area (Å²) in [6.07, 6.45) is -1.34. The lowest BCUT2D eigenvalue weighted by Gasteiger charge is -2.27. The number of fused-ring (bicyclic) bond motifs is 1. The summed E-state index contributed by atoms with van der Waals surface area (Å²) in [4.78, 5) is 28.1. The molecule has 2 aromatic heterocycles. The SMILES string of the molecule is Cn1cccc1C(=O)NC[C@]12COC[C@H]1CN(Cc1nccs1)C2.O=C(O)C(F)(F)F. The quantitative estimate of drug-likeness (QED) is 0.709. The van der Waals surface area contributed by atoms with Gasteiger partial charge in [-0.3, -0.25) is 9.69 Å². The van der Waals surface area contributed by atoms with Crippen LogP contribution in [0.25, 0.3) is 0 Å². The summed E-state index contributed by atoms with van der Waals surface area (Å²) in [7, 11) is 1.89. The summed E-state index contributed by atoms with van der Waals surface area (Å²) < 4.78 is 39.3. The van der Waals surface area contributed by atoms with Crippen LogP contribution < -0.4 is 5.32 Å². The van der Waals surface area contributed by atoms with Gasteiger partial charge in [0.05, 0.1) is 19.8 Å². The molecule has 2 aromatic rings. The van der Waals surface area contributed by atoms with Crippen molar-refractivity contribution in [1.82, 2.24) is 19.8 Å². The first kappa shape index (κ1) is 23.2. The molecule has 8 nitrogen and oxygen atoms in total. The van der Waals surface area contributed by atoms with Gasteiger partial charge in [0, 0.05) is 55.8 Å². The van der Waals surface area contributed by atoms with E-state index < -0.39 is 12.1 Å². The van der Waals surface area contributed by atoms with E-state index in [-0.39, 0.29) is 11.3 Å². The lowest BCUT2D eigenvalue weighted by molar-refractivity contribution is -0.192. The van der Waals surface area contributed by atoms with Gasteiger partial charge in [0.1, 0.15) is 10.7 Å². The molecule has 2 fully saturated rings. The highest BCUT2D eigenvalue weighted by atomic mass is 32.1. The third-order valence-corrected chi connectivity index (χ3v) is 6.22. The summed E-state index contributed by atoms with van der Waals surface area (Å²) in [6.45, 7) is 5.02. The molecule has 0 aliphatic carbocycles. The van der Waals surface area contributed by atoms with Crippen molar-refractivity contribution in [1.29, 1.82) is 0 Å². The largest absolute Gasteiger partial charge is 0.490 e. The number of carbonyl (C=O) groups is 2. The second-order valence-electron chi connectivity index (χ2n) is 7.66. The summed E-state index contributed by atoms with van der Waals surface area (Å²) >= 11 is 1.70. The van der Waals surface area contributed by atoms with Gasteiger partial charge in [0.2, 0.25) is 0 Å². The fraction of sp³-hybridized carbons (Fsp3) is 0.526. The van der Waals surface area contributed by atoms with Crippen LogP contribution in [-0.2, 0) is 23.1 Å². The second-order valence-corrected chi connectivity index (χ2v) is 8.64. The number of hydrogen-bond acceptors (Lipinski definition) is 6. The summed E-state index contributed by atoms with van der Waals surface area (Å²) in [5.74, 6) is -2.29. The minimum atomic E-state index is -5.08. The van der Waals surface area contributed by atoms with Gasteiger partial charge in [-0.15, -0.1) is 11.3 Å². The zero-order chi connectivity index (χ0) is 22.6. The lowest BCUT2D eigenvalue weighted by atomic mass is 9.81. The Balaban J connectivity index is 0.000000339. The molecular weight excluding hydrogens is 437 g/mol. The van der Waals surface area contributed by atoms with Gasteiger partial charge in [0.15, 0.2) is 0 Å². The van der Waals surface area contributed by atoms with Gasteiger partial charge >= 0.3 is 12.1 Å². The third kappa shape index (κ3) is 5.63. The third-order valence-electron chi connectivity index (χ3n) is 5.45. The number of rotatable bonds is 5. The predicted molar refractivity (Wildman–Crippen MR) is 106 cm³/mol. The molecule has 4 rings (SSSR count). The number of amides is 1. The van der Waals surface area contributed by atoms with E-state index in [4.69, 9.17) is 14.6 Å². The van der Waals surface area contributed by atoms with Crippen molar-refractivity contribution in [2.45, 2.75) is 12.7 Å². The summed E-state index contributed by atoms with van der Waals surface area (Å²) in [5.41, 5.74) is 0.720. The molecule has 0 saturated carbocycles. The number of thiazole rings is 1. The first-order valence-electron chi connectivity index (χ1n) is 9.49. The van der Waals surface area contributed by atoms with Crippen molar-refractivity contribution in [3.05, 3.63) is 40.6 Å². The average Bonchev–Trinajstić information content (AvgIpc) is 3.45. The van der Waals surface area contributed by atoms with Crippen molar-refractivity contribution in [2.24, 2.45) is 18.4 Å². The molecule has 0 unspecified atom stereocenters. The number of aryl methyl sites for hydroxylation is 1. The molecule has 2 aliphatic heterocycles. The van der Waals surface area contributed by atoms with Crippen LogP contribution in [-0.4, -0.2) is 70.5 Å². The Bertz CT molecular complexity index is 902. The lowest BCUT2D eigenvalue weighted by Crippen LogP contribution is -2.43. The van der Waals surface area contributed by atoms with Crippen LogP contribution in [0.15, 0.2) is 29.9 Å². The van der Waals surface area contributed by atoms with Crippen LogP contribution in [0.5, 0.6) is 0 Å². The molecule has 0 bridgehead atoms. The molecule has 31 heavy (non-hydrogen) atoms. The van der Waals surface area contributed by atoms with Crippen molar-refractivity contribution in [3.63, 3.8) is 0 Å². The zero-order valence-corrected chi connectivity index (χ0v) is 17.6. The number of hydrogen-bond donors (Lipinski definition) is 2. The summed E-state index contributed by atoms with van der Waals surface area (Å²) in [6, 6.07) is 3.74. The van der Waals surface area contributed by atoms with Crippen molar-refractivity contribution >= 4 is 23.2 Å². The Labute approximate surface area is 180 Å². The van der Waals surface area contributed by atoms with Crippen LogP contribution in [0.2, 0.25) is 0 Å². The molecule has 1 amide bonds. The highest BCUT2D eigenvalue weighted by molar-refractivity contribution is 7.09. The molecule has 2 atom stereocenters. The molecule has 0 aromatic carbocycles. The van der Waals surface area contributed by atoms with E-state index in [1.165, 1.54) is 0 Å². The molecule has 2 N–H and O–H groups in total. The Kier molecular flexibility index (Phi) is 7.02. The van der Waals surface area contributed by atoms with Crippen molar-refractivity contribution < 1.29 is 32.6 Å². The maximum atomic E-state index is 12.4. The number of aromatic nitrogens is 2. The van der Waals surface area contributed by atoms with Gasteiger partial charge in [-0.1, -0.05) is 0 Å². The first-order chi connectivity index (χ1) is 14.6. The molecule has 0 spiro atoms. The van der Waals surface area contributed by atoms with Gasteiger partial charge in [-0.05, 0) is 12.1 Å². The number of likely N-dealkylation sites (tertiary alicyclic amines) is 1. The van der Waals surface area contributed by atoms with E-state index in [2.05, 4.69) is 15.2 Å². The Morgan fingerprint density at radius 1 is 1.45 bits per heavy atom. The van der Waals surface area contributed by atoms with E-state index >= 15 is 0 Å². The van der Waals surface area contributed by atoms with Gasteiger partial charge in [0.25, 0.3) is 5.91 Å². The topological polar surface area (TPSA) is 96.7 Å². The number of ether oxygens (including phenoxy) is 1. The maximum Gasteiger partial charge on any atom is 0.490 e. The molecular formula is C19H23F3N4O4S. The zero-order valence-electron chi connectivity index (χ0n) is 16.8. The average molecular weight is 460 g/mol. The van der Waals surface area contributed by atoms with Crippen LogP contribution in [0.4, 0.5) is 13.2 Å². The smallest absolute Gasteiger partial charge is 0.475 e. The van der Waals surface area contributed by atoms with Gasteiger partial charge < -0.3 is 19.7 Å². The van der Waals surface area contributed by atoms with E-state index in [1.807, 2.05) is 41.5 Å². The van der Waals surface area contributed by atoms with Gasteiger partial charge in [-0.2, -0.15) is 13.2 Å². The van der Waals surface area contributed by atoms with Crippen molar-refractivity contribution in [2.75, 3.05) is 32.8 Å². The maximum absolute atomic E-state index is 12.4. The predicted octanol–water partition coefficient (Wildman–Crippen LogP) is 1.99. The van der Waals surface area contributed by atoms with Crippen LogP contribution in [0.3, 0.4) is 0 Å². The fourth-order valence-electron chi connectivity index (χ4n) is 3.88. The van der Waals surface area contributed by atoms with E-state index in [9.17, 15) is 18.0 Å². The Hall–Kier alpha value is -2.44. The number of halogens is 3. The summed E-state index contributed by atoms with van der Waals surface area (Å²) in [5, 5.41) is 13.4. The first-order valence-corrected chi connectivity index (χ1v) is 10.4. The van der Waals surface area contributed by atoms with E-state index in [0.29, 0.717) is 18.2 Å². The molecule has 2 aliphatic rings. The normalized spacial score (nSPS) is 23.2. The Morgan fingerprint density at radius 2 is 2.19 bits per heavy atom. The number of aliphatic carboxylic acids is 1. The molecule has 12 heteroatoms. The molecule has 4 heterocycles. The number of carboxylic acid groups (broad SMARTS) is 1. The standard InChI is InChI=1S/C17H22N4O2S.C2HF3O2/c1-20-5-2-3-14(20)16(22)19-10-17-11-21(7-13(17)9-23-12-17)8-15-18-4-6-24-15;3-2(4,5)1(6)7/h2-6,13H,7-12H2,1H3,(H,19,22);(H,6,7)/t13-,17+;/m1./s1. The number of nitrogens with zero attached hydrogens (tertiary/aromatic N) is 3. The Morgan fingerprint density at radius 3 is 2.77 bits per heavy atom. The number of alkyl halides is 3. The molecule has 2 saturated heterocycles. The van der Waals surface area contributed by atoms with E-state index in [1.54, 1.807) is 11.3 Å². The van der Waals surface area contributed by atoms with Crippen LogP contribution in [0, 0.1) is 11.3 Å². The fourth-order valence-corrected chi connectivity index (χ4v) is 4.54. The highest BCUT2D eigenvalue weighted by Gasteiger charge is 2.50.